The SMILES string of the molecule is Cc1ccc(N2CC(C(=O)NCc3ccnc(-c4ccco4)c3)CC2=O)cc1C. The maximum atomic E-state index is 12.7. The number of benzene rings is 1. The van der Waals surface area contributed by atoms with Crippen LogP contribution in [0.5, 0.6) is 0 Å². The second kappa shape index (κ2) is 7.91. The van der Waals surface area contributed by atoms with Crippen molar-refractivity contribution >= 4 is 17.5 Å². The molecular weight excluding hydrogens is 366 g/mol. The lowest BCUT2D eigenvalue weighted by Gasteiger charge is -2.18. The third-order valence-electron chi connectivity index (χ3n) is 5.36. The zero-order chi connectivity index (χ0) is 20.4. The van der Waals surface area contributed by atoms with Gasteiger partial charge in [0.1, 0.15) is 5.69 Å². The molecule has 0 aliphatic carbocycles. The molecule has 0 radical (unpaired) electrons. The number of aromatic nitrogens is 1. The molecule has 1 aliphatic heterocycles. The second-order valence-electron chi connectivity index (χ2n) is 7.42. The molecule has 0 spiro atoms. The van der Waals surface area contributed by atoms with Gasteiger partial charge in [0.2, 0.25) is 11.8 Å². The Morgan fingerprint density at radius 3 is 2.83 bits per heavy atom. The molecule has 4 rings (SSSR count). The van der Waals surface area contributed by atoms with Crippen LogP contribution in [0.4, 0.5) is 5.69 Å². The third kappa shape index (κ3) is 4.06. The van der Waals surface area contributed by atoms with Gasteiger partial charge < -0.3 is 14.6 Å². The van der Waals surface area contributed by atoms with E-state index in [0.717, 1.165) is 22.5 Å². The molecule has 6 heteroatoms. The summed E-state index contributed by atoms with van der Waals surface area (Å²) < 4.78 is 5.37. The Morgan fingerprint density at radius 1 is 1.21 bits per heavy atom. The van der Waals surface area contributed by atoms with Crippen LogP contribution in [0.25, 0.3) is 11.5 Å². The van der Waals surface area contributed by atoms with Gasteiger partial charge in [0.25, 0.3) is 0 Å². The standard InChI is InChI=1S/C23H23N3O3/c1-15-5-6-19(10-16(15)2)26-14-18(12-22(26)27)23(28)25-13-17-7-8-24-20(11-17)21-4-3-9-29-21/h3-11,18H,12-14H2,1-2H3,(H,25,28). The lowest BCUT2D eigenvalue weighted by Crippen LogP contribution is -2.32. The summed E-state index contributed by atoms with van der Waals surface area (Å²) in [7, 11) is 0. The largest absolute Gasteiger partial charge is 0.463 e. The highest BCUT2D eigenvalue weighted by Crippen LogP contribution is 2.27. The minimum Gasteiger partial charge on any atom is -0.463 e. The molecule has 1 aromatic carbocycles. The highest BCUT2D eigenvalue weighted by atomic mass is 16.3. The van der Waals surface area contributed by atoms with Gasteiger partial charge in [-0.1, -0.05) is 6.07 Å². The molecule has 1 fully saturated rings. The van der Waals surface area contributed by atoms with E-state index in [-0.39, 0.29) is 24.2 Å². The Hall–Kier alpha value is -3.41. The van der Waals surface area contributed by atoms with Crippen LogP contribution in [0.3, 0.4) is 0 Å². The van der Waals surface area contributed by atoms with Crippen LogP contribution in [0.15, 0.2) is 59.3 Å². The van der Waals surface area contributed by atoms with Crippen LogP contribution in [0.1, 0.15) is 23.1 Å². The summed E-state index contributed by atoms with van der Waals surface area (Å²) in [5, 5.41) is 2.95. The zero-order valence-corrected chi connectivity index (χ0v) is 16.5. The van der Waals surface area contributed by atoms with E-state index in [4.69, 9.17) is 4.42 Å². The first-order chi connectivity index (χ1) is 14.0. The van der Waals surface area contributed by atoms with Gasteiger partial charge in [0, 0.05) is 31.4 Å². The molecule has 2 aromatic heterocycles. The van der Waals surface area contributed by atoms with Crippen LogP contribution in [-0.2, 0) is 16.1 Å². The summed E-state index contributed by atoms with van der Waals surface area (Å²) in [6, 6.07) is 13.3. The molecule has 1 saturated heterocycles. The molecule has 1 unspecified atom stereocenters. The normalized spacial score (nSPS) is 16.3. The van der Waals surface area contributed by atoms with Crippen molar-refractivity contribution in [3.63, 3.8) is 0 Å². The predicted octanol–water partition coefficient (Wildman–Crippen LogP) is 3.63. The summed E-state index contributed by atoms with van der Waals surface area (Å²) in [5.74, 6) is 0.206. The van der Waals surface area contributed by atoms with Crippen molar-refractivity contribution in [3.05, 3.63) is 71.6 Å². The lowest BCUT2D eigenvalue weighted by atomic mass is 10.1. The number of anilines is 1. The number of hydrogen-bond donors (Lipinski definition) is 1. The van der Waals surface area contributed by atoms with E-state index < -0.39 is 0 Å². The highest BCUT2D eigenvalue weighted by Gasteiger charge is 2.35. The molecule has 1 aliphatic rings. The third-order valence-corrected chi connectivity index (χ3v) is 5.36. The van der Waals surface area contributed by atoms with E-state index in [9.17, 15) is 9.59 Å². The number of nitrogens with one attached hydrogen (secondary N) is 1. The number of amides is 2. The molecule has 0 saturated carbocycles. The van der Waals surface area contributed by atoms with Crippen molar-refractivity contribution < 1.29 is 14.0 Å². The molecule has 3 aromatic rings. The number of carbonyl (C=O) groups excluding carboxylic acids is 2. The van der Waals surface area contributed by atoms with Crippen molar-refractivity contribution in [2.24, 2.45) is 5.92 Å². The van der Waals surface area contributed by atoms with E-state index >= 15 is 0 Å². The van der Waals surface area contributed by atoms with Gasteiger partial charge in [-0.25, -0.2) is 0 Å². The van der Waals surface area contributed by atoms with Crippen LogP contribution >= 0.6 is 0 Å². The number of pyridine rings is 1. The summed E-state index contributed by atoms with van der Waals surface area (Å²) in [6.07, 6.45) is 3.52. The average molecular weight is 389 g/mol. The number of hydrogen-bond acceptors (Lipinski definition) is 4. The van der Waals surface area contributed by atoms with Crippen molar-refractivity contribution in [3.8, 4) is 11.5 Å². The van der Waals surface area contributed by atoms with Crippen LogP contribution in [0, 0.1) is 19.8 Å². The molecule has 3 heterocycles. The van der Waals surface area contributed by atoms with Gasteiger partial charge in [-0.3, -0.25) is 14.6 Å². The van der Waals surface area contributed by atoms with Gasteiger partial charge in [-0.15, -0.1) is 0 Å². The van der Waals surface area contributed by atoms with Gasteiger partial charge in [-0.2, -0.15) is 0 Å². The van der Waals surface area contributed by atoms with Crippen molar-refractivity contribution in [2.75, 3.05) is 11.4 Å². The van der Waals surface area contributed by atoms with Gasteiger partial charge in [-0.05, 0) is 66.9 Å². The van der Waals surface area contributed by atoms with Gasteiger partial charge in [0.15, 0.2) is 5.76 Å². The van der Waals surface area contributed by atoms with Crippen LogP contribution < -0.4 is 10.2 Å². The zero-order valence-electron chi connectivity index (χ0n) is 16.5. The highest BCUT2D eigenvalue weighted by molar-refractivity contribution is 6.00. The van der Waals surface area contributed by atoms with E-state index in [1.165, 1.54) is 5.56 Å². The maximum Gasteiger partial charge on any atom is 0.227 e. The molecule has 0 bridgehead atoms. The summed E-state index contributed by atoms with van der Waals surface area (Å²) in [5.41, 5.74) is 4.81. The predicted molar refractivity (Wildman–Crippen MR) is 110 cm³/mol. The summed E-state index contributed by atoms with van der Waals surface area (Å²) in [6.45, 7) is 4.84. The fourth-order valence-electron chi connectivity index (χ4n) is 3.50. The molecule has 2 amide bonds. The maximum absolute atomic E-state index is 12.7. The quantitative estimate of drug-likeness (QED) is 0.723. The Kier molecular flexibility index (Phi) is 5.16. The first kappa shape index (κ1) is 18.9. The van der Waals surface area contributed by atoms with E-state index in [1.807, 2.05) is 56.3 Å². The minimum absolute atomic E-state index is 0.0163. The van der Waals surface area contributed by atoms with Gasteiger partial charge >= 0.3 is 0 Å². The molecule has 1 atom stereocenters. The number of carbonyl (C=O) groups is 2. The smallest absolute Gasteiger partial charge is 0.227 e. The summed E-state index contributed by atoms with van der Waals surface area (Å²) in [4.78, 5) is 31.1. The Bertz CT molecular complexity index is 1040. The topological polar surface area (TPSA) is 75.4 Å². The fourth-order valence-corrected chi connectivity index (χ4v) is 3.50. The Morgan fingerprint density at radius 2 is 2.07 bits per heavy atom. The minimum atomic E-state index is -0.351. The van der Waals surface area contributed by atoms with Crippen LogP contribution in [-0.4, -0.2) is 23.3 Å². The number of furan rings is 1. The number of aryl methyl sites for hydroxylation is 2. The van der Waals surface area contributed by atoms with E-state index in [1.54, 1.807) is 17.4 Å². The van der Waals surface area contributed by atoms with Crippen molar-refractivity contribution in [2.45, 2.75) is 26.8 Å². The lowest BCUT2D eigenvalue weighted by molar-refractivity contribution is -0.126. The first-order valence-corrected chi connectivity index (χ1v) is 9.65. The van der Waals surface area contributed by atoms with Gasteiger partial charge in [0.05, 0.1) is 12.2 Å². The number of nitrogens with zero attached hydrogens (tertiary/aromatic N) is 2. The molecule has 148 valence electrons. The molecular formula is C23H23N3O3. The van der Waals surface area contributed by atoms with Crippen molar-refractivity contribution in [1.29, 1.82) is 0 Å². The molecule has 29 heavy (non-hydrogen) atoms. The number of rotatable bonds is 5. The van der Waals surface area contributed by atoms with Crippen LogP contribution in [0.2, 0.25) is 0 Å². The second-order valence-corrected chi connectivity index (χ2v) is 7.42. The van der Waals surface area contributed by atoms with E-state index in [0.29, 0.717) is 18.8 Å². The van der Waals surface area contributed by atoms with Crippen molar-refractivity contribution in [1.82, 2.24) is 10.3 Å². The average Bonchev–Trinajstić information content (AvgIpc) is 3.39. The first-order valence-electron chi connectivity index (χ1n) is 9.65. The fraction of sp³-hybridized carbons (Fsp3) is 0.261. The monoisotopic (exact) mass is 389 g/mol. The molecule has 1 N–H and O–H groups in total. The Balaban J connectivity index is 1.39. The summed E-state index contributed by atoms with van der Waals surface area (Å²) >= 11 is 0. The Labute approximate surface area is 169 Å². The molecule has 6 nitrogen and oxygen atoms in total. The van der Waals surface area contributed by atoms with E-state index in [2.05, 4.69) is 10.3 Å².